The lowest BCUT2D eigenvalue weighted by Crippen LogP contribution is -2.25. The van der Waals surface area contributed by atoms with E-state index in [-0.39, 0.29) is 18.1 Å². The van der Waals surface area contributed by atoms with Crippen LogP contribution < -0.4 is 5.32 Å². The fourth-order valence-corrected chi connectivity index (χ4v) is 1.89. The molecule has 5 heteroatoms. The number of benzene rings is 1. The third-order valence-electron chi connectivity index (χ3n) is 2.55. The van der Waals surface area contributed by atoms with Gasteiger partial charge in [-0.05, 0) is 31.0 Å². The normalized spacial score (nSPS) is 10.4. The number of amides is 1. The van der Waals surface area contributed by atoms with Crippen LogP contribution in [0.5, 0.6) is 0 Å². The van der Waals surface area contributed by atoms with Gasteiger partial charge in [-0.25, -0.2) is 4.39 Å². The Morgan fingerprint density at radius 3 is 2.67 bits per heavy atom. The molecule has 1 rings (SSSR count). The number of aliphatic hydroxyl groups excluding tert-OH is 1. The van der Waals surface area contributed by atoms with Crippen LogP contribution in [0.1, 0.15) is 36.0 Å². The molecule has 0 unspecified atom stereocenters. The van der Waals surface area contributed by atoms with Crippen LogP contribution in [0.2, 0.25) is 0 Å². The first kappa shape index (κ1) is 15.1. The number of hydrogen-bond donors (Lipinski definition) is 2. The standard InChI is InChI=1S/C13H17BrFNO2/c14-10-5-6-11(12(15)9-10)13(18)16-7-3-1-2-4-8-17/h5-6,9,17H,1-4,7-8H2,(H,16,18). The fourth-order valence-electron chi connectivity index (χ4n) is 1.56. The summed E-state index contributed by atoms with van der Waals surface area (Å²) < 4.78 is 14.1. The van der Waals surface area contributed by atoms with E-state index < -0.39 is 5.82 Å². The number of rotatable bonds is 7. The molecule has 0 saturated heterocycles. The molecule has 1 aromatic rings. The predicted molar refractivity (Wildman–Crippen MR) is 72.0 cm³/mol. The number of hydrogen-bond acceptors (Lipinski definition) is 2. The second-order valence-corrected chi connectivity index (χ2v) is 4.93. The van der Waals surface area contributed by atoms with Crippen LogP contribution in [0.3, 0.4) is 0 Å². The van der Waals surface area contributed by atoms with Crippen LogP contribution >= 0.6 is 15.9 Å². The van der Waals surface area contributed by atoms with Crippen molar-refractivity contribution in [3.05, 3.63) is 34.1 Å². The molecule has 0 radical (unpaired) electrons. The minimum Gasteiger partial charge on any atom is -0.396 e. The Morgan fingerprint density at radius 2 is 2.00 bits per heavy atom. The minimum atomic E-state index is -0.526. The molecule has 0 aliphatic carbocycles. The summed E-state index contributed by atoms with van der Waals surface area (Å²) in [4.78, 5) is 11.7. The van der Waals surface area contributed by atoms with Crippen LogP contribution in [0, 0.1) is 5.82 Å². The van der Waals surface area contributed by atoms with Crippen molar-refractivity contribution >= 4 is 21.8 Å². The molecule has 0 aromatic heterocycles. The molecule has 18 heavy (non-hydrogen) atoms. The van der Waals surface area contributed by atoms with E-state index in [9.17, 15) is 9.18 Å². The quantitative estimate of drug-likeness (QED) is 0.760. The average Bonchev–Trinajstić information content (AvgIpc) is 2.33. The molecule has 0 atom stereocenters. The van der Waals surface area contributed by atoms with E-state index in [4.69, 9.17) is 5.11 Å². The van der Waals surface area contributed by atoms with Gasteiger partial charge in [-0.15, -0.1) is 0 Å². The Hall–Kier alpha value is -0.940. The summed E-state index contributed by atoms with van der Waals surface area (Å²) in [6.45, 7) is 0.732. The van der Waals surface area contributed by atoms with Gasteiger partial charge in [0.1, 0.15) is 5.82 Å². The zero-order chi connectivity index (χ0) is 13.4. The van der Waals surface area contributed by atoms with Gasteiger partial charge in [0.25, 0.3) is 5.91 Å². The van der Waals surface area contributed by atoms with E-state index in [1.807, 2.05) is 0 Å². The summed E-state index contributed by atoms with van der Waals surface area (Å²) in [7, 11) is 0. The van der Waals surface area contributed by atoms with Crippen LogP contribution in [0.25, 0.3) is 0 Å². The summed E-state index contributed by atoms with van der Waals surface area (Å²) in [5.41, 5.74) is 0.0635. The van der Waals surface area contributed by atoms with Gasteiger partial charge >= 0.3 is 0 Å². The van der Waals surface area contributed by atoms with Gasteiger partial charge in [-0.3, -0.25) is 4.79 Å². The monoisotopic (exact) mass is 317 g/mol. The van der Waals surface area contributed by atoms with Crippen molar-refractivity contribution in [3.8, 4) is 0 Å². The Morgan fingerprint density at radius 1 is 1.28 bits per heavy atom. The molecule has 0 saturated carbocycles. The summed E-state index contributed by atoms with van der Waals surface area (Å²) >= 11 is 3.14. The van der Waals surface area contributed by atoms with E-state index in [2.05, 4.69) is 21.2 Å². The van der Waals surface area contributed by atoms with E-state index in [0.29, 0.717) is 11.0 Å². The Balaban J connectivity index is 2.32. The Labute approximate surface area is 115 Å². The van der Waals surface area contributed by atoms with Gasteiger partial charge < -0.3 is 10.4 Å². The zero-order valence-electron chi connectivity index (χ0n) is 10.1. The van der Waals surface area contributed by atoms with Crippen LogP contribution in [-0.4, -0.2) is 24.2 Å². The Kier molecular flexibility index (Phi) is 6.90. The third-order valence-corrected chi connectivity index (χ3v) is 3.04. The molecule has 0 fully saturated rings. The van der Waals surface area contributed by atoms with E-state index in [1.165, 1.54) is 12.1 Å². The molecule has 1 amide bonds. The molecule has 0 aliphatic heterocycles. The smallest absolute Gasteiger partial charge is 0.254 e. The number of unbranched alkanes of at least 4 members (excludes halogenated alkanes) is 3. The van der Waals surface area contributed by atoms with Gasteiger partial charge in [0.2, 0.25) is 0 Å². The van der Waals surface area contributed by atoms with E-state index in [1.54, 1.807) is 6.07 Å². The topological polar surface area (TPSA) is 49.3 Å². The summed E-state index contributed by atoms with van der Waals surface area (Å²) in [5.74, 6) is -0.913. The lowest BCUT2D eigenvalue weighted by Gasteiger charge is -2.06. The SMILES string of the molecule is O=C(NCCCCCCO)c1ccc(Br)cc1F. The van der Waals surface area contributed by atoms with Gasteiger partial charge in [-0.1, -0.05) is 28.8 Å². The lowest BCUT2D eigenvalue weighted by molar-refractivity contribution is 0.0948. The first-order valence-electron chi connectivity index (χ1n) is 5.99. The van der Waals surface area contributed by atoms with Crippen molar-refractivity contribution < 1.29 is 14.3 Å². The maximum atomic E-state index is 13.5. The van der Waals surface area contributed by atoms with Crippen molar-refractivity contribution in [1.29, 1.82) is 0 Å². The van der Waals surface area contributed by atoms with Gasteiger partial charge in [0, 0.05) is 17.6 Å². The zero-order valence-corrected chi connectivity index (χ0v) is 11.7. The summed E-state index contributed by atoms with van der Waals surface area (Å²) in [5, 5.41) is 11.3. The Bertz CT molecular complexity index is 399. The minimum absolute atomic E-state index is 0.0635. The highest BCUT2D eigenvalue weighted by Crippen LogP contribution is 2.15. The summed E-state index contributed by atoms with van der Waals surface area (Å²) in [6.07, 6.45) is 3.52. The van der Waals surface area contributed by atoms with Crippen LogP contribution in [0.4, 0.5) is 4.39 Å². The fraction of sp³-hybridized carbons (Fsp3) is 0.462. The first-order chi connectivity index (χ1) is 8.65. The highest BCUT2D eigenvalue weighted by Gasteiger charge is 2.10. The molecular weight excluding hydrogens is 301 g/mol. The van der Waals surface area contributed by atoms with E-state index >= 15 is 0 Å². The molecule has 0 heterocycles. The first-order valence-corrected chi connectivity index (χ1v) is 6.78. The van der Waals surface area contributed by atoms with Gasteiger partial charge in [-0.2, -0.15) is 0 Å². The van der Waals surface area contributed by atoms with Crippen molar-refractivity contribution in [2.24, 2.45) is 0 Å². The molecule has 100 valence electrons. The highest BCUT2D eigenvalue weighted by molar-refractivity contribution is 9.10. The van der Waals surface area contributed by atoms with Gasteiger partial charge in [0.05, 0.1) is 5.56 Å². The van der Waals surface area contributed by atoms with Crippen molar-refractivity contribution in [2.45, 2.75) is 25.7 Å². The third kappa shape index (κ3) is 5.14. The van der Waals surface area contributed by atoms with E-state index in [0.717, 1.165) is 25.7 Å². The molecule has 0 aliphatic rings. The number of carbonyl (C=O) groups is 1. The predicted octanol–water partition coefficient (Wildman–Crippen LogP) is 2.87. The number of halogens is 2. The molecule has 1 aromatic carbocycles. The average molecular weight is 318 g/mol. The van der Waals surface area contributed by atoms with Crippen LogP contribution in [-0.2, 0) is 0 Å². The maximum Gasteiger partial charge on any atom is 0.254 e. The van der Waals surface area contributed by atoms with Gasteiger partial charge in [0.15, 0.2) is 0 Å². The highest BCUT2D eigenvalue weighted by atomic mass is 79.9. The largest absolute Gasteiger partial charge is 0.396 e. The molecule has 0 bridgehead atoms. The molecular formula is C13H17BrFNO2. The number of carbonyl (C=O) groups excluding carboxylic acids is 1. The second kappa shape index (κ2) is 8.21. The van der Waals surface area contributed by atoms with Crippen LogP contribution in [0.15, 0.2) is 22.7 Å². The lowest BCUT2D eigenvalue weighted by atomic mass is 10.2. The molecule has 3 nitrogen and oxygen atoms in total. The number of aliphatic hydroxyl groups is 1. The molecule has 0 spiro atoms. The van der Waals surface area contributed by atoms with Crippen molar-refractivity contribution in [2.75, 3.05) is 13.2 Å². The number of nitrogens with one attached hydrogen (secondary N) is 1. The van der Waals surface area contributed by atoms with Crippen molar-refractivity contribution in [1.82, 2.24) is 5.32 Å². The summed E-state index contributed by atoms with van der Waals surface area (Å²) in [6, 6.07) is 4.37. The maximum absolute atomic E-state index is 13.5. The van der Waals surface area contributed by atoms with Crippen molar-refractivity contribution in [3.63, 3.8) is 0 Å². The molecule has 2 N–H and O–H groups in total. The second-order valence-electron chi connectivity index (χ2n) is 4.02.